The minimum absolute atomic E-state index is 0.0528. The molecule has 1 N–H and O–H groups in total. The Bertz CT molecular complexity index is 409. The maximum atomic E-state index is 11.9. The maximum Gasteiger partial charge on any atom is 0.251 e. The lowest BCUT2D eigenvalue weighted by molar-refractivity contribution is 0.0953. The van der Waals surface area contributed by atoms with Crippen LogP contribution in [0.2, 0.25) is 5.02 Å². The Morgan fingerprint density at radius 2 is 1.89 bits per heavy atom. The fraction of sp³-hybridized carbons (Fsp3) is 0.533. The average molecular weight is 347 g/mol. The molecule has 19 heavy (non-hydrogen) atoms. The van der Waals surface area contributed by atoms with Crippen molar-refractivity contribution in [1.82, 2.24) is 5.32 Å². The number of carbonyl (C=O) groups excluding carboxylic acids is 1. The molecule has 0 saturated heterocycles. The molecule has 0 heterocycles. The van der Waals surface area contributed by atoms with E-state index in [-0.39, 0.29) is 5.91 Å². The fourth-order valence-electron chi connectivity index (χ4n) is 1.85. The number of unbranched alkanes of at least 4 members (excludes halogenated alkanes) is 5. The Hall–Kier alpha value is -0.540. The number of amides is 1. The molecule has 2 nitrogen and oxygen atoms in total. The molecule has 0 aromatic heterocycles. The molecule has 0 atom stereocenters. The van der Waals surface area contributed by atoms with Crippen molar-refractivity contribution in [2.24, 2.45) is 0 Å². The molecule has 1 aromatic rings. The molecule has 4 heteroatoms. The Balaban J connectivity index is 2.22. The van der Waals surface area contributed by atoms with Gasteiger partial charge in [-0.15, -0.1) is 0 Å². The van der Waals surface area contributed by atoms with Crippen LogP contribution in [-0.4, -0.2) is 12.5 Å². The number of hydrogen-bond acceptors (Lipinski definition) is 1. The monoisotopic (exact) mass is 345 g/mol. The maximum absolute atomic E-state index is 11.9. The first-order chi connectivity index (χ1) is 9.15. The summed E-state index contributed by atoms with van der Waals surface area (Å²) < 4.78 is 0.807. The fourth-order valence-corrected chi connectivity index (χ4v) is 2.27. The van der Waals surface area contributed by atoms with Gasteiger partial charge in [0.25, 0.3) is 5.91 Å². The van der Waals surface area contributed by atoms with E-state index in [1.165, 1.54) is 32.1 Å². The van der Waals surface area contributed by atoms with Crippen LogP contribution < -0.4 is 5.32 Å². The smallest absolute Gasteiger partial charge is 0.251 e. The van der Waals surface area contributed by atoms with Gasteiger partial charge in [-0.3, -0.25) is 4.79 Å². The van der Waals surface area contributed by atoms with Gasteiger partial charge in [-0.25, -0.2) is 0 Å². The van der Waals surface area contributed by atoms with Crippen molar-refractivity contribution in [3.63, 3.8) is 0 Å². The summed E-state index contributed by atoms with van der Waals surface area (Å²) in [4.78, 5) is 11.9. The molecule has 106 valence electrons. The van der Waals surface area contributed by atoms with Crippen LogP contribution in [0.15, 0.2) is 22.7 Å². The van der Waals surface area contributed by atoms with Gasteiger partial charge in [-0.05, 0) is 40.5 Å². The van der Waals surface area contributed by atoms with Crippen molar-refractivity contribution in [2.45, 2.75) is 45.4 Å². The Morgan fingerprint density at radius 3 is 2.58 bits per heavy atom. The van der Waals surface area contributed by atoms with E-state index < -0.39 is 0 Å². The lowest BCUT2D eigenvalue weighted by Crippen LogP contribution is -2.24. The first-order valence-electron chi connectivity index (χ1n) is 6.88. The summed E-state index contributed by atoms with van der Waals surface area (Å²) in [5.41, 5.74) is 0.610. The van der Waals surface area contributed by atoms with Crippen LogP contribution in [0.1, 0.15) is 55.8 Å². The number of hydrogen-bond donors (Lipinski definition) is 1. The van der Waals surface area contributed by atoms with Gasteiger partial charge in [0.1, 0.15) is 0 Å². The highest BCUT2D eigenvalue weighted by molar-refractivity contribution is 9.10. The van der Waals surface area contributed by atoms with E-state index >= 15 is 0 Å². The molecular formula is C15H21BrClNO. The van der Waals surface area contributed by atoms with E-state index in [4.69, 9.17) is 11.6 Å². The summed E-state index contributed by atoms with van der Waals surface area (Å²) in [6.07, 6.45) is 7.35. The third kappa shape index (κ3) is 6.44. The molecule has 0 aliphatic heterocycles. The molecule has 0 unspecified atom stereocenters. The van der Waals surface area contributed by atoms with Gasteiger partial charge < -0.3 is 5.32 Å². The standard InChI is InChI=1S/C15H21BrClNO/c1-2-3-4-5-6-7-10-18-15(19)12-8-9-13(16)14(17)11-12/h8-9,11H,2-7,10H2,1H3,(H,18,19). The van der Waals surface area contributed by atoms with E-state index in [2.05, 4.69) is 28.2 Å². The predicted octanol–water partition coefficient (Wildman–Crippen LogP) is 5.19. The van der Waals surface area contributed by atoms with Crippen LogP contribution in [0.4, 0.5) is 0 Å². The highest BCUT2D eigenvalue weighted by Crippen LogP contribution is 2.23. The number of benzene rings is 1. The summed E-state index contributed by atoms with van der Waals surface area (Å²) >= 11 is 9.27. The van der Waals surface area contributed by atoms with Crippen LogP contribution in [0, 0.1) is 0 Å². The second-order valence-electron chi connectivity index (χ2n) is 4.65. The molecular weight excluding hydrogens is 326 g/mol. The minimum Gasteiger partial charge on any atom is -0.352 e. The van der Waals surface area contributed by atoms with Gasteiger partial charge in [-0.2, -0.15) is 0 Å². The molecule has 0 bridgehead atoms. The summed E-state index contributed by atoms with van der Waals surface area (Å²) in [6.45, 7) is 2.95. The summed E-state index contributed by atoms with van der Waals surface area (Å²) in [5.74, 6) is -0.0528. The zero-order chi connectivity index (χ0) is 14.1. The highest BCUT2D eigenvalue weighted by Gasteiger charge is 2.06. The summed E-state index contributed by atoms with van der Waals surface area (Å²) in [7, 11) is 0. The van der Waals surface area contributed by atoms with Crippen LogP contribution in [0.25, 0.3) is 0 Å². The van der Waals surface area contributed by atoms with Gasteiger partial charge in [0.05, 0.1) is 5.02 Å². The Morgan fingerprint density at radius 1 is 1.21 bits per heavy atom. The van der Waals surface area contributed by atoms with Gasteiger partial charge in [0.15, 0.2) is 0 Å². The van der Waals surface area contributed by atoms with Crippen molar-refractivity contribution in [1.29, 1.82) is 0 Å². The summed E-state index contributed by atoms with van der Waals surface area (Å²) in [6, 6.07) is 5.25. The lowest BCUT2D eigenvalue weighted by atomic mass is 10.1. The van der Waals surface area contributed by atoms with E-state index in [1.807, 2.05) is 0 Å². The van der Waals surface area contributed by atoms with Crippen molar-refractivity contribution in [2.75, 3.05) is 6.54 Å². The highest BCUT2D eigenvalue weighted by atomic mass is 79.9. The molecule has 0 spiro atoms. The zero-order valence-electron chi connectivity index (χ0n) is 11.3. The van der Waals surface area contributed by atoms with Crippen molar-refractivity contribution < 1.29 is 4.79 Å². The number of nitrogens with one attached hydrogen (secondary N) is 1. The molecule has 1 amide bonds. The number of carbonyl (C=O) groups is 1. The summed E-state index contributed by atoms with van der Waals surface area (Å²) in [5, 5.41) is 3.49. The van der Waals surface area contributed by atoms with E-state index in [9.17, 15) is 4.79 Å². The van der Waals surface area contributed by atoms with Gasteiger partial charge in [0, 0.05) is 16.6 Å². The Kier molecular flexibility index (Phi) is 8.15. The van der Waals surface area contributed by atoms with Crippen molar-refractivity contribution in [3.8, 4) is 0 Å². The average Bonchev–Trinajstić information content (AvgIpc) is 2.40. The molecule has 0 radical (unpaired) electrons. The van der Waals surface area contributed by atoms with Gasteiger partial charge in [-0.1, -0.05) is 50.6 Å². The van der Waals surface area contributed by atoms with Crippen molar-refractivity contribution >= 4 is 33.4 Å². The number of halogens is 2. The van der Waals surface area contributed by atoms with Crippen molar-refractivity contribution in [3.05, 3.63) is 33.3 Å². The zero-order valence-corrected chi connectivity index (χ0v) is 13.7. The quantitative estimate of drug-likeness (QED) is 0.645. The van der Waals surface area contributed by atoms with E-state index in [0.29, 0.717) is 10.6 Å². The normalized spacial score (nSPS) is 10.5. The third-order valence-electron chi connectivity index (χ3n) is 3.00. The van der Waals surface area contributed by atoms with E-state index in [1.54, 1.807) is 18.2 Å². The second kappa shape index (κ2) is 9.38. The molecule has 1 aromatic carbocycles. The van der Waals surface area contributed by atoms with Crippen LogP contribution in [0.5, 0.6) is 0 Å². The second-order valence-corrected chi connectivity index (χ2v) is 5.91. The van der Waals surface area contributed by atoms with Crippen LogP contribution >= 0.6 is 27.5 Å². The first-order valence-corrected chi connectivity index (χ1v) is 8.05. The van der Waals surface area contributed by atoms with Gasteiger partial charge >= 0.3 is 0 Å². The molecule has 0 aliphatic carbocycles. The topological polar surface area (TPSA) is 29.1 Å². The SMILES string of the molecule is CCCCCCCCNC(=O)c1ccc(Br)c(Cl)c1. The Labute approximate surface area is 129 Å². The van der Waals surface area contributed by atoms with Crippen LogP contribution in [-0.2, 0) is 0 Å². The molecule has 0 saturated carbocycles. The predicted molar refractivity (Wildman–Crippen MR) is 84.9 cm³/mol. The molecule has 0 fully saturated rings. The van der Waals surface area contributed by atoms with E-state index in [0.717, 1.165) is 17.4 Å². The lowest BCUT2D eigenvalue weighted by Gasteiger charge is -2.06. The van der Waals surface area contributed by atoms with Crippen LogP contribution in [0.3, 0.4) is 0 Å². The van der Waals surface area contributed by atoms with Gasteiger partial charge in [0.2, 0.25) is 0 Å². The first kappa shape index (κ1) is 16.5. The molecule has 1 rings (SSSR count). The largest absolute Gasteiger partial charge is 0.352 e. The third-order valence-corrected chi connectivity index (χ3v) is 4.23. The minimum atomic E-state index is -0.0528. The number of rotatable bonds is 8. The molecule has 0 aliphatic rings.